The average Bonchev–Trinajstić information content (AvgIpc) is 3.53. The minimum absolute atomic E-state index is 0.00511. The number of piperidine rings is 2. The van der Waals surface area contributed by atoms with Crippen molar-refractivity contribution in [2.45, 2.75) is 103 Å². The van der Waals surface area contributed by atoms with Crippen molar-refractivity contribution in [1.82, 2.24) is 20.4 Å². The Morgan fingerprint density at radius 2 is 1.68 bits per heavy atom. The number of fused-ring (bicyclic) bond motifs is 2. The molecule has 5 rings (SSSR count). The van der Waals surface area contributed by atoms with Crippen LogP contribution < -0.4 is 10.6 Å². The number of carbonyl (C=O) groups is 3. The minimum Gasteiger partial charge on any atom is -0.351 e. The maximum absolute atomic E-state index is 14.1. The zero-order valence-corrected chi connectivity index (χ0v) is 26.1. The fraction of sp³-hybridized carbons (Fsp3) is 0.727. The van der Waals surface area contributed by atoms with Crippen molar-refractivity contribution < 1.29 is 14.4 Å². The van der Waals surface area contributed by atoms with Gasteiger partial charge in [-0.25, -0.2) is 0 Å². The quantitative estimate of drug-likeness (QED) is 0.482. The Bertz CT molecular complexity index is 1100. The lowest BCUT2D eigenvalue weighted by Gasteiger charge is -2.48. The van der Waals surface area contributed by atoms with E-state index in [0.29, 0.717) is 49.2 Å². The number of likely N-dealkylation sites (tertiary alicyclic amines) is 2. The van der Waals surface area contributed by atoms with E-state index >= 15 is 0 Å². The molecule has 2 saturated carbocycles. The molecule has 2 aliphatic carbocycles. The number of amides is 3. The van der Waals surface area contributed by atoms with Crippen LogP contribution in [0.5, 0.6) is 0 Å². The van der Waals surface area contributed by atoms with Crippen LogP contribution in [0.2, 0.25) is 5.02 Å². The second-order valence-corrected chi connectivity index (χ2v) is 14.8. The summed E-state index contributed by atoms with van der Waals surface area (Å²) in [5.74, 6) is 0.958. The summed E-state index contributed by atoms with van der Waals surface area (Å²) in [4.78, 5) is 45.7. The molecule has 8 heteroatoms. The summed E-state index contributed by atoms with van der Waals surface area (Å²) in [5, 5.41) is 7.13. The highest BCUT2D eigenvalue weighted by Gasteiger charge is 2.50. The van der Waals surface area contributed by atoms with E-state index in [0.717, 1.165) is 37.8 Å². The molecular formula is C33H49ClN4O3. The molecule has 0 radical (unpaired) electrons. The van der Waals surface area contributed by atoms with Gasteiger partial charge in [-0.3, -0.25) is 14.4 Å². The zero-order chi connectivity index (χ0) is 29.4. The molecule has 4 atom stereocenters. The number of nitrogens with zero attached hydrogens (tertiary/aromatic N) is 2. The summed E-state index contributed by atoms with van der Waals surface area (Å²) in [5.41, 5.74) is 0.233. The van der Waals surface area contributed by atoms with Gasteiger partial charge in [-0.1, -0.05) is 43.0 Å². The van der Waals surface area contributed by atoms with Gasteiger partial charge in [-0.15, -0.1) is 0 Å². The van der Waals surface area contributed by atoms with E-state index in [-0.39, 0.29) is 35.2 Å². The molecule has 1 aromatic rings. The summed E-state index contributed by atoms with van der Waals surface area (Å²) in [6.07, 6.45) is 9.48. The molecule has 2 bridgehead atoms. The Labute approximate surface area is 251 Å². The molecule has 2 aliphatic heterocycles. The molecular weight excluding hydrogens is 536 g/mol. The fourth-order valence-electron chi connectivity index (χ4n) is 8.20. The van der Waals surface area contributed by atoms with E-state index in [1.807, 2.05) is 49.9 Å². The molecule has 226 valence electrons. The lowest BCUT2D eigenvalue weighted by molar-refractivity contribution is -0.147. The van der Waals surface area contributed by atoms with Gasteiger partial charge in [0, 0.05) is 42.7 Å². The molecule has 0 spiro atoms. The van der Waals surface area contributed by atoms with Gasteiger partial charge in [-0.2, -0.15) is 0 Å². The molecule has 41 heavy (non-hydrogen) atoms. The van der Waals surface area contributed by atoms with Crippen molar-refractivity contribution in [3.05, 3.63) is 34.9 Å². The molecule has 1 aromatic carbocycles. The van der Waals surface area contributed by atoms with Gasteiger partial charge in [0.25, 0.3) is 0 Å². The van der Waals surface area contributed by atoms with Gasteiger partial charge in [-0.05, 0) is 95.9 Å². The van der Waals surface area contributed by atoms with Crippen LogP contribution in [0.15, 0.2) is 24.3 Å². The van der Waals surface area contributed by atoms with Gasteiger partial charge < -0.3 is 20.4 Å². The number of hydrogen-bond donors (Lipinski definition) is 2. The first-order valence-corrected chi connectivity index (χ1v) is 16.2. The number of rotatable bonds is 7. The number of nitrogens with one attached hydrogen (secondary N) is 2. The van der Waals surface area contributed by atoms with Crippen LogP contribution in [-0.4, -0.2) is 71.8 Å². The zero-order valence-electron chi connectivity index (χ0n) is 25.4. The van der Waals surface area contributed by atoms with Gasteiger partial charge in [0.2, 0.25) is 17.7 Å². The second-order valence-electron chi connectivity index (χ2n) is 14.4. The van der Waals surface area contributed by atoms with Crippen LogP contribution in [0.1, 0.15) is 84.1 Å². The second kappa shape index (κ2) is 12.2. The van der Waals surface area contributed by atoms with Gasteiger partial charge >= 0.3 is 0 Å². The Kier molecular flexibility index (Phi) is 9.06. The third-order valence-corrected chi connectivity index (χ3v) is 10.6. The van der Waals surface area contributed by atoms with Crippen LogP contribution in [0, 0.1) is 23.2 Å². The van der Waals surface area contributed by atoms with Crippen LogP contribution in [-0.2, 0) is 20.8 Å². The summed E-state index contributed by atoms with van der Waals surface area (Å²) < 4.78 is 0. The number of carbonyl (C=O) groups excluding carboxylic acids is 3. The fourth-order valence-corrected chi connectivity index (χ4v) is 8.33. The topological polar surface area (TPSA) is 81.8 Å². The van der Waals surface area contributed by atoms with E-state index in [2.05, 4.69) is 22.6 Å². The maximum Gasteiger partial charge on any atom is 0.245 e. The Morgan fingerprint density at radius 3 is 2.27 bits per heavy atom. The van der Waals surface area contributed by atoms with Crippen molar-refractivity contribution in [3.8, 4) is 0 Å². The van der Waals surface area contributed by atoms with Crippen LogP contribution in [0.3, 0.4) is 0 Å². The van der Waals surface area contributed by atoms with E-state index in [4.69, 9.17) is 11.6 Å². The third-order valence-electron chi connectivity index (χ3n) is 10.3. The lowest BCUT2D eigenvalue weighted by atomic mass is 9.63. The minimum atomic E-state index is -0.640. The normalized spacial score (nSPS) is 27.4. The van der Waals surface area contributed by atoms with E-state index in [1.165, 1.54) is 19.3 Å². The highest BCUT2D eigenvalue weighted by molar-refractivity contribution is 6.30. The first kappa shape index (κ1) is 30.3. The Hall–Kier alpha value is -2.12. The van der Waals surface area contributed by atoms with Gasteiger partial charge in [0.1, 0.15) is 6.04 Å². The van der Waals surface area contributed by atoms with Crippen LogP contribution >= 0.6 is 11.6 Å². The van der Waals surface area contributed by atoms with E-state index in [1.54, 1.807) is 0 Å². The van der Waals surface area contributed by atoms with Crippen molar-refractivity contribution >= 4 is 29.3 Å². The third kappa shape index (κ3) is 6.77. The molecule has 2 saturated heterocycles. The molecule has 0 unspecified atom stereocenters. The van der Waals surface area contributed by atoms with Crippen LogP contribution in [0.25, 0.3) is 0 Å². The number of halogens is 1. The van der Waals surface area contributed by atoms with E-state index < -0.39 is 11.5 Å². The predicted molar refractivity (Wildman–Crippen MR) is 162 cm³/mol. The molecule has 0 aromatic heterocycles. The number of benzene rings is 1. The van der Waals surface area contributed by atoms with Gasteiger partial charge in [0.15, 0.2) is 0 Å². The standard InChI is InChI=1S/C33H49ClN4O3/c1-32(2,3)36-31(41)33(24-8-6-5-7-9-24)14-16-38(17-15-33)30(40)27(19-22-10-12-25(34)13-11-22)35-29(39)26-18-23-20-28(26)37(4)21-23/h10-13,23-24,26-28H,5-9,14-21H2,1-4H3,(H,35,39)(H,36,41)/t23-,26+,27+,28-/m0/s1. The molecule has 3 amide bonds. The molecule has 2 N–H and O–H groups in total. The monoisotopic (exact) mass is 584 g/mol. The smallest absolute Gasteiger partial charge is 0.245 e. The summed E-state index contributed by atoms with van der Waals surface area (Å²) in [6, 6.07) is 7.15. The SMILES string of the molecule is CN1C[C@H]2C[C@@H](C(=O)N[C@H](Cc3ccc(Cl)cc3)C(=O)N3CCC(C(=O)NC(C)(C)C)(C4CCCCC4)CC3)[C@@H]1C2. The van der Waals surface area contributed by atoms with E-state index in [9.17, 15) is 14.4 Å². The summed E-state index contributed by atoms with van der Waals surface area (Å²) in [6.45, 7) is 8.25. The largest absolute Gasteiger partial charge is 0.351 e. The van der Waals surface area contributed by atoms with Crippen molar-refractivity contribution in [3.63, 3.8) is 0 Å². The Balaban J connectivity index is 1.31. The first-order chi connectivity index (χ1) is 19.4. The van der Waals surface area contributed by atoms with Crippen molar-refractivity contribution in [2.24, 2.45) is 23.2 Å². The number of hydrogen-bond acceptors (Lipinski definition) is 4. The highest BCUT2D eigenvalue weighted by Crippen LogP contribution is 2.46. The van der Waals surface area contributed by atoms with Crippen molar-refractivity contribution in [1.29, 1.82) is 0 Å². The van der Waals surface area contributed by atoms with Crippen molar-refractivity contribution in [2.75, 3.05) is 26.7 Å². The summed E-state index contributed by atoms with van der Waals surface area (Å²) in [7, 11) is 2.10. The lowest BCUT2D eigenvalue weighted by Crippen LogP contribution is -2.59. The molecule has 4 aliphatic rings. The molecule has 4 fully saturated rings. The average molecular weight is 585 g/mol. The summed E-state index contributed by atoms with van der Waals surface area (Å²) >= 11 is 6.13. The van der Waals surface area contributed by atoms with Gasteiger partial charge in [0.05, 0.1) is 11.3 Å². The highest BCUT2D eigenvalue weighted by atomic mass is 35.5. The van der Waals surface area contributed by atoms with Crippen LogP contribution in [0.4, 0.5) is 0 Å². The Morgan fingerprint density at radius 1 is 1.02 bits per heavy atom. The molecule has 7 nitrogen and oxygen atoms in total. The molecule has 2 heterocycles. The first-order valence-electron chi connectivity index (χ1n) is 15.8. The maximum atomic E-state index is 14.1. The predicted octanol–water partition coefficient (Wildman–Crippen LogP) is 4.81.